The Labute approximate surface area is 152 Å². The molecule has 0 aliphatic carbocycles. The Morgan fingerprint density at radius 1 is 1.42 bits per heavy atom. The molecule has 3 aromatic rings. The van der Waals surface area contributed by atoms with Crippen molar-refractivity contribution in [2.75, 3.05) is 6.61 Å². The maximum atomic E-state index is 12.9. The summed E-state index contributed by atoms with van der Waals surface area (Å²) in [4.78, 5) is 20.4. The number of H-pyrrole nitrogens is 1. The molecule has 2 unspecified atom stereocenters. The average molecular weight is 351 g/mol. The fourth-order valence-corrected chi connectivity index (χ4v) is 3.52. The molecule has 1 saturated heterocycles. The second-order valence-corrected chi connectivity index (χ2v) is 6.75. The highest BCUT2D eigenvalue weighted by Crippen LogP contribution is 2.16. The van der Waals surface area contributed by atoms with E-state index in [-0.39, 0.29) is 18.1 Å². The lowest BCUT2D eigenvalue weighted by molar-refractivity contribution is -0.520. The first-order valence-electron chi connectivity index (χ1n) is 9.05. The quantitative estimate of drug-likeness (QED) is 0.691. The van der Waals surface area contributed by atoms with Gasteiger partial charge in [-0.2, -0.15) is 4.40 Å². The van der Waals surface area contributed by atoms with Crippen molar-refractivity contribution >= 4 is 11.4 Å². The van der Waals surface area contributed by atoms with E-state index in [0.29, 0.717) is 12.1 Å². The molecular weight excluding hydrogens is 328 g/mol. The summed E-state index contributed by atoms with van der Waals surface area (Å²) >= 11 is 0. The van der Waals surface area contributed by atoms with E-state index in [1.807, 2.05) is 54.0 Å². The molecule has 26 heavy (non-hydrogen) atoms. The normalized spacial score (nSPS) is 18.1. The molecule has 0 aromatic carbocycles. The highest BCUT2D eigenvalue weighted by Gasteiger charge is 2.28. The number of nitrogens with one attached hydrogen (secondary N) is 2. The van der Waals surface area contributed by atoms with Crippen LogP contribution < -0.4 is 9.72 Å². The smallest absolute Gasteiger partial charge is 0.295 e. The standard InChI is InChI=1S/C20H22N4O2/c1-14(17-8-5-11-26-17)22-20(25)19-16-7-2-3-10-24(16)18(23-19)12-15-6-4-9-21-13-15/h2-4,6-7,9-10,13-14,17H,5,8,11-12H2,1H3,(H,22,25)/p+1. The maximum Gasteiger partial charge on any atom is 0.295 e. The van der Waals surface area contributed by atoms with Gasteiger partial charge in [0.25, 0.3) is 11.7 Å². The summed E-state index contributed by atoms with van der Waals surface area (Å²) < 4.78 is 7.71. The second kappa shape index (κ2) is 7.25. The van der Waals surface area contributed by atoms with E-state index < -0.39 is 0 Å². The van der Waals surface area contributed by atoms with Gasteiger partial charge in [-0.1, -0.05) is 12.1 Å². The van der Waals surface area contributed by atoms with Gasteiger partial charge in [0.2, 0.25) is 5.69 Å². The van der Waals surface area contributed by atoms with Crippen molar-refractivity contribution in [1.29, 1.82) is 0 Å². The Morgan fingerprint density at radius 3 is 3.12 bits per heavy atom. The fourth-order valence-electron chi connectivity index (χ4n) is 3.52. The first-order chi connectivity index (χ1) is 12.7. The number of rotatable bonds is 5. The van der Waals surface area contributed by atoms with E-state index in [9.17, 15) is 4.79 Å². The van der Waals surface area contributed by atoms with Crippen LogP contribution in [0.2, 0.25) is 0 Å². The third kappa shape index (κ3) is 3.32. The monoisotopic (exact) mass is 351 g/mol. The summed E-state index contributed by atoms with van der Waals surface area (Å²) in [7, 11) is 0. The van der Waals surface area contributed by atoms with Crippen molar-refractivity contribution in [2.24, 2.45) is 0 Å². The Balaban J connectivity index is 1.61. The highest BCUT2D eigenvalue weighted by molar-refractivity contribution is 5.98. The molecule has 0 saturated carbocycles. The molecule has 2 atom stereocenters. The van der Waals surface area contributed by atoms with Crippen LogP contribution in [0.4, 0.5) is 0 Å². The molecule has 1 aliphatic heterocycles. The molecule has 3 aromatic heterocycles. The van der Waals surface area contributed by atoms with Gasteiger partial charge in [-0.25, -0.2) is 4.98 Å². The number of aromatic amines is 1. The molecule has 1 aliphatic rings. The van der Waals surface area contributed by atoms with Crippen LogP contribution in [0.15, 0.2) is 48.9 Å². The summed E-state index contributed by atoms with van der Waals surface area (Å²) in [6, 6.07) is 9.79. The summed E-state index contributed by atoms with van der Waals surface area (Å²) in [5.74, 6) is 0.845. The minimum Gasteiger partial charge on any atom is -0.376 e. The number of carbonyl (C=O) groups excluding carboxylic acids is 1. The number of pyridine rings is 2. The van der Waals surface area contributed by atoms with Gasteiger partial charge in [-0.05, 0) is 43.5 Å². The number of amides is 1. The van der Waals surface area contributed by atoms with Gasteiger partial charge in [-0.15, -0.1) is 0 Å². The topological polar surface area (TPSA) is 71.1 Å². The van der Waals surface area contributed by atoms with Crippen molar-refractivity contribution in [3.8, 4) is 0 Å². The Bertz CT molecular complexity index is 901. The minimum absolute atomic E-state index is 0.0150. The number of fused-ring (bicyclic) bond motifs is 1. The van der Waals surface area contributed by atoms with E-state index in [4.69, 9.17) is 4.74 Å². The maximum absolute atomic E-state index is 12.9. The van der Waals surface area contributed by atoms with Crippen LogP contribution in [0.25, 0.3) is 5.52 Å². The molecule has 0 radical (unpaired) electrons. The molecule has 1 amide bonds. The van der Waals surface area contributed by atoms with Crippen LogP contribution >= 0.6 is 0 Å². The van der Waals surface area contributed by atoms with Crippen LogP contribution in [0, 0.1) is 0 Å². The fraction of sp³-hybridized carbons (Fsp3) is 0.350. The van der Waals surface area contributed by atoms with Gasteiger partial charge in [0.1, 0.15) is 0 Å². The zero-order chi connectivity index (χ0) is 17.9. The van der Waals surface area contributed by atoms with Gasteiger partial charge < -0.3 is 10.1 Å². The number of hydrogen-bond acceptors (Lipinski definition) is 3. The van der Waals surface area contributed by atoms with Crippen molar-refractivity contribution in [3.05, 3.63) is 66.0 Å². The average Bonchev–Trinajstić information content (AvgIpc) is 3.31. The molecule has 4 rings (SSSR count). The van der Waals surface area contributed by atoms with Gasteiger partial charge in [0.05, 0.1) is 24.8 Å². The summed E-state index contributed by atoms with van der Waals surface area (Å²) in [5.41, 5.74) is 2.53. The van der Waals surface area contributed by atoms with Crippen molar-refractivity contribution in [1.82, 2.24) is 15.3 Å². The lowest BCUT2D eigenvalue weighted by Crippen LogP contribution is -2.41. The molecule has 6 heteroatoms. The zero-order valence-corrected chi connectivity index (χ0v) is 14.8. The lowest BCUT2D eigenvalue weighted by atomic mass is 10.1. The molecule has 6 nitrogen and oxygen atoms in total. The SMILES string of the molecule is CC(NC(=O)c1[nH]c(Cc2cccnc2)[n+]2ccccc12)C1CCCO1. The third-order valence-electron chi connectivity index (χ3n) is 4.88. The zero-order valence-electron chi connectivity index (χ0n) is 14.8. The molecule has 1 fully saturated rings. The number of nitrogens with zero attached hydrogens (tertiary/aromatic N) is 2. The van der Waals surface area contributed by atoms with Gasteiger partial charge in [-0.3, -0.25) is 9.78 Å². The number of imidazole rings is 1. The Hall–Kier alpha value is -2.73. The Kier molecular flexibility index (Phi) is 4.67. The first kappa shape index (κ1) is 16.7. The van der Waals surface area contributed by atoms with E-state index >= 15 is 0 Å². The van der Waals surface area contributed by atoms with Crippen molar-refractivity contribution < 1.29 is 13.9 Å². The molecule has 0 spiro atoms. The first-order valence-corrected chi connectivity index (χ1v) is 9.05. The Morgan fingerprint density at radius 2 is 2.35 bits per heavy atom. The summed E-state index contributed by atoms with van der Waals surface area (Å²) in [6.07, 6.45) is 8.40. The molecule has 2 N–H and O–H groups in total. The molecule has 4 heterocycles. The number of ether oxygens (including phenoxy) is 1. The number of hydrogen-bond donors (Lipinski definition) is 2. The second-order valence-electron chi connectivity index (χ2n) is 6.75. The van der Waals surface area contributed by atoms with Gasteiger partial charge >= 0.3 is 0 Å². The summed E-state index contributed by atoms with van der Waals surface area (Å²) in [6.45, 7) is 2.78. The third-order valence-corrected chi connectivity index (χ3v) is 4.88. The van der Waals surface area contributed by atoms with Crippen LogP contribution in [-0.2, 0) is 11.2 Å². The van der Waals surface area contributed by atoms with Crippen LogP contribution in [0.3, 0.4) is 0 Å². The van der Waals surface area contributed by atoms with E-state index in [1.54, 1.807) is 6.20 Å². The van der Waals surface area contributed by atoms with Crippen LogP contribution in [0.5, 0.6) is 0 Å². The van der Waals surface area contributed by atoms with E-state index in [2.05, 4.69) is 15.3 Å². The molecule has 0 bridgehead atoms. The molecule has 134 valence electrons. The van der Waals surface area contributed by atoms with Crippen LogP contribution in [0.1, 0.15) is 41.6 Å². The van der Waals surface area contributed by atoms with Crippen molar-refractivity contribution in [3.63, 3.8) is 0 Å². The summed E-state index contributed by atoms with van der Waals surface area (Å²) in [5, 5.41) is 3.09. The highest BCUT2D eigenvalue weighted by atomic mass is 16.5. The van der Waals surface area contributed by atoms with Gasteiger partial charge in [0, 0.05) is 19.0 Å². The molecular formula is C20H23N4O2+. The number of aromatic nitrogens is 3. The van der Waals surface area contributed by atoms with Gasteiger partial charge in [0.15, 0.2) is 5.52 Å². The van der Waals surface area contributed by atoms with Crippen LogP contribution in [-0.4, -0.2) is 34.6 Å². The lowest BCUT2D eigenvalue weighted by Gasteiger charge is -2.18. The van der Waals surface area contributed by atoms with Crippen molar-refractivity contribution in [2.45, 2.75) is 38.3 Å². The van der Waals surface area contributed by atoms with E-state index in [1.165, 1.54) is 0 Å². The number of carbonyl (C=O) groups is 1. The van der Waals surface area contributed by atoms with E-state index in [0.717, 1.165) is 36.4 Å². The predicted molar refractivity (Wildman–Crippen MR) is 96.9 cm³/mol. The predicted octanol–water partition coefficient (Wildman–Crippen LogP) is 2.04. The largest absolute Gasteiger partial charge is 0.376 e. The minimum atomic E-state index is -0.103.